The van der Waals surface area contributed by atoms with Crippen LogP contribution in [0.5, 0.6) is 11.5 Å². The van der Waals surface area contributed by atoms with E-state index in [-0.39, 0.29) is 37.3 Å². The average molecular weight is 1150 g/mol. The fourth-order valence-corrected chi connectivity index (χ4v) is 10.0. The van der Waals surface area contributed by atoms with Gasteiger partial charge in [0.15, 0.2) is 0 Å². The van der Waals surface area contributed by atoms with Crippen LogP contribution in [0.1, 0.15) is 129 Å². The van der Waals surface area contributed by atoms with Crippen molar-refractivity contribution >= 4 is 21.8 Å². The van der Waals surface area contributed by atoms with Gasteiger partial charge >= 0.3 is 0 Å². The summed E-state index contributed by atoms with van der Waals surface area (Å²) in [6.07, 6.45) is 8.05. The second-order valence-corrected chi connectivity index (χ2v) is 24.0. The molecule has 6 heteroatoms. The molecule has 7 aromatic carbocycles. The molecule has 0 bridgehead atoms. The van der Waals surface area contributed by atoms with Crippen LogP contribution in [0.15, 0.2) is 176 Å². The molecule has 0 N–H and O–H groups in total. The predicted octanol–water partition coefficient (Wildman–Crippen LogP) is 16.6. The summed E-state index contributed by atoms with van der Waals surface area (Å²) in [4.78, 5) is 4.99. The van der Waals surface area contributed by atoms with Crippen LogP contribution in [0.25, 0.3) is 50.1 Å². The van der Waals surface area contributed by atoms with Gasteiger partial charge in [0.1, 0.15) is 5.82 Å². The Bertz CT molecular complexity index is 3640. The summed E-state index contributed by atoms with van der Waals surface area (Å²) in [5.41, 5.74) is 13.3. The van der Waals surface area contributed by atoms with E-state index in [1.54, 1.807) is 0 Å². The van der Waals surface area contributed by atoms with Crippen molar-refractivity contribution in [2.45, 2.75) is 117 Å². The minimum absolute atomic E-state index is 0. The maximum absolute atomic E-state index is 7.10. The van der Waals surface area contributed by atoms with Crippen LogP contribution in [0.2, 0.25) is 0 Å². The van der Waals surface area contributed by atoms with Crippen molar-refractivity contribution in [2.75, 3.05) is 0 Å². The molecule has 0 radical (unpaired) electrons. The molecule has 74 heavy (non-hydrogen) atoms. The molecule has 10 rings (SSSR count). The number of hydrogen-bond donors (Lipinski definition) is 0. The second kappa shape index (κ2) is 19.5. The number of benzene rings is 7. The molecule has 0 atom stereocenters. The molecule has 0 spiro atoms. The van der Waals surface area contributed by atoms with Crippen molar-refractivity contribution in [3.63, 3.8) is 0 Å². The van der Waals surface area contributed by atoms with Crippen LogP contribution < -0.4 is 9.30 Å². The third kappa shape index (κ3) is 10.1. The van der Waals surface area contributed by atoms with Crippen LogP contribution in [0, 0.1) is 18.5 Å². The molecule has 0 aliphatic rings. The fourth-order valence-electron chi connectivity index (χ4n) is 10.0. The van der Waals surface area contributed by atoms with E-state index in [9.17, 15) is 0 Å². The monoisotopic (exact) mass is 1150 g/mol. The average Bonchev–Trinajstić information content (AvgIpc) is 3.97. The van der Waals surface area contributed by atoms with Gasteiger partial charge in [-0.2, -0.15) is 12.1 Å². The Hall–Kier alpha value is -6.81. The summed E-state index contributed by atoms with van der Waals surface area (Å²) in [5.74, 6) is 2.01. The first-order chi connectivity index (χ1) is 34.6. The third-order valence-corrected chi connectivity index (χ3v) is 14.9. The summed E-state index contributed by atoms with van der Waals surface area (Å²) in [5, 5.41) is 2.24. The van der Waals surface area contributed by atoms with E-state index in [1.807, 2.05) is 12.3 Å². The Labute approximate surface area is 454 Å². The summed E-state index contributed by atoms with van der Waals surface area (Å²) < 4.78 is 13.7. The minimum Gasteiger partial charge on any atom is -0.510 e. The number of pyridine rings is 1. The number of ether oxygens (including phenoxy) is 1. The van der Waals surface area contributed by atoms with Crippen molar-refractivity contribution in [3.8, 4) is 39.8 Å². The van der Waals surface area contributed by atoms with Gasteiger partial charge < -0.3 is 13.9 Å². The SMILES string of the molecule is CC(C)(C)c1cc(-c2ccccc2)cc(-[n+]2[c-]n(-c3[c-]c(Oc4[c-]c5c(cc4)c4cc(C(C)(C)C)ccc4n5-c4cc(C(C)(C)C)ccn4)cc(C(C)(C)c4ccccc4)c3)c(C(C)(C)c3ccccc3)c2)c1.[Pt]. The standard InChI is InChI=1S/C68H68N4O.Pt/c1-64(2,3)50-29-32-60-59(40-50)58-31-30-56(43-61(58)72(60)63-41-51(33-34-69-63)65(4,5)6)73-57-39-53(67(10,11)48-25-19-15-20-26-48)38-55(42-57)71-45-70(44-62(71)68(12,13)49-27-21-16-22-28-49)54-36-47(46-23-17-14-18-24-46)35-52(37-54)66(7,8)9;/h14-41,44H,1-13H3;/q-2;. The number of aromatic nitrogens is 4. The maximum atomic E-state index is 7.10. The van der Waals surface area contributed by atoms with Crippen molar-refractivity contribution in [1.82, 2.24) is 14.1 Å². The van der Waals surface area contributed by atoms with Gasteiger partial charge in [0.2, 0.25) is 0 Å². The van der Waals surface area contributed by atoms with Crippen LogP contribution in [-0.2, 0) is 48.1 Å². The molecule has 0 saturated carbocycles. The smallest absolute Gasteiger partial charge is 0.267 e. The normalized spacial score (nSPS) is 12.6. The molecule has 0 aliphatic carbocycles. The van der Waals surface area contributed by atoms with Crippen LogP contribution >= 0.6 is 0 Å². The van der Waals surface area contributed by atoms with Crippen LogP contribution in [0.4, 0.5) is 0 Å². The molecule has 0 fully saturated rings. The van der Waals surface area contributed by atoms with E-state index in [0.29, 0.717) is 11.5 Å². The van der Waals surface area contributed by atoms with Gasteiger partial charge in [0.05, 0.1) is 11.4 Å². The number of nitrogens with zero attached hydrogens (tertiary/aromatic N) is 4. The van der Waals surface area contributed by atoms with E-state index in [1.165, 1.54) is 33.4 Å². The third-order valence-electron chi connectivity index (χ3n) is 14.9. The summed E-state index contributed by atoms with van der Waals surface area (Å²) in [6.45, 7) is 29.5. The van der Waals surface area contributed by atoms with Crippen molar-refractivity contribution in [3.05, 3.63) is 234 Å². The summed E-state index contributed by atoms with van der Waals surface area (Å²) in [7, 11) is 0. The molecular weight excluding hydrogens is 1080 g/mol. The van der Waals surface area contributed by atoms with E-state index in [2.05, 4.69) is 286 Å². The number of fused-ring (bicyclic) bond motifs is 3. The van der Waals surface area contributed by atoms with E-state index in [4.69, 9.17) is 9.72 Å². The Morgan fingerprint density at radius 3 is 1.72 bits per heavy atom. The Morgan fingerprint density at radius 1 is 0.473 bits per heavy atom. The van der Waals surface area contributed by atoms with Gasteiger partial charge in [-0.25, -0.2) is 4.98 Å². The first-order valence-corrected chi connectivity index (χ1v) is 25.7. The van der Waals surface area contributed by atoms with Gasteiger partial charge in [0.25, 0.3) is 6.33 Å². The summed E-state index contributed by atoms with van der Waals surface area (Å²) in [6, 6.07) is 66.4. The molecule has 3 aromatic heterocycles. The van der Waals surface area contributed by atoms with Gasteiger partial charge in [-0.1, -0.05) is 205 Å². The van der Waals surface area contributed by atoms with Crippen molar-refractivity contribution in [1.29, 1.82) is 0 Å². The van der Waals surface area contributed by atoms with Gasteiger partial charge in [-0.15, -0.1) is 35.2 Å². The molecule has 0 amide bonds. The molecule has 378 valence electrons. The zero-order valence-corrected chi connectivity index (χ0v) is 47.5. The number of hydrogen-bond acceptors (Lipinski definition) is 2. The predicted molar refractivity (Wildman–Crippen MR) is 301 cm³/mol. The Morgan fingerprint density at radius 2 is 1.08 bits per heavy atom. The topological polar surface area (TPSA) is 35.9 Å². The van der Waals surface area contributed by atoms with Crippen LogP contribution in [0.3, 0.4) is 0 Å². The van der Waals surface area contributed by atoms with E-state index < -0.39 is 10.8 Å². The quantitative estimate of drug-likeness (QED) is 0.101. The zero-order chi connectivity index (χ0) is 51.7. The first kappa shape index (κ1) is 52.1. The van der Waals surface area contributed by atoms with Crippen LogP contribution in [-0.4, -0.2) is 14.1 Å². The molecular formula is C68H68N4OPt-2. The Balaban J connectivity index is 0.00000672. The van der Waals surface area contributed by atoms with Crippen molar-refractivity contribution in [2.24, 2.45) is 0 Å². The molecule has 0 aliphatic heterocycles. The molecule has 10 aromatic rings. The largest absolute Gasteiger partial charge is 0.510 e. The molecule has 3 heterocycles. The fraction of sp³-hybridized carbons (Fsp3) is 0.265. The van der Waals surface area contributed by atoms with Gasteiger partial charge in [0, 0.05) is 55.9 Å². The zero-order valence-electron chi connectivity index (χ0n) is 45.3. The first-order valence-electron chi connectivity index (χ1n) is 25.7. The molecule has 0 unspecified atom stereocenters. The maximum Gasteiger partial charge on any atom is 0.267 e. The van der Waals surface area contributed by atoms with Gasteiger partial charge in [-0.05, 0) is 102 Å². The van der Waals surface area contributed by atoms with Crippen molar-refractivity contribution < 1.29 is 30.4 Å². The van der Waals surface area contributed by atoms with E-state index >= 15 is 0 Å². The second-order valence-electron chi connectivity index (χ2n) is 24.0. The Kier molecular flexibility index (Phi) is 13.7. The molecule has 0 saturated heterocycles. The minimum atomic E-state index is -0.454. The molecule has 5 nitrogen and oxygen atoms in total. The number of rotatable bonds is 10. The summed E-state index contributed by atoms with van der Waals surface area (Å²) >= 11 is 0. The van der Waals surface area contributed by atoms with E-state index in [0.717, 1.165) is 55.8 Å². The number of imidazole rings is 1. The van der Waals surface area contributed by atoms with Gasteiger partial charge in [-0.3, -0.25) is 4.57 Å².